The summed E-state index contributed by atoms with van der Waals surface area (Å²) in [5.74, 6) is 2.15. The largest absolute Gasteiger partial charge is 0.497 e. The first-order chi connectivity index (χ1) is 9.28. The van der Waals surface area contributed by atoms with Crippen molar-refractivity contribution in [2.45, 2.75) is 12.8 Å². The molecule has 19 heavy (non-hydrogen) atoms. The van der Waals surface area contributed by atoms with Gasteiger partial charge in [-0.3, -0.25) is 0 Å². The molecule has 2 nitrogen and oxygen atoms in total. The van der Waals surface area contributed by atoms with E-state index in [0.717, 1.165) is 11.5 Å². The van der Waals surface area contributed by atoms with Crippen molar-refractivity contribution in [1.82, 2.24) is 0 Å². The molecule has 3 aromatic rings. The van der Waals surface area contributed by atoms with Crippen molar-refractivity contribution >= 4 is 10.8 Å². The quantitative estimate of drug-likeness (QED) is 0.680. The van der Waals surface area contributed by atoms with Gasteiger partial charge in [-0.15, -0.1) is 0 Å². The van der Waals surface area contributed by atoms with Gasteiger partial charge in [0.25, 0.3) is 0 Å². The zero-order valence-electron chi connectivity index (χ0n) is 11.1. The molecule has 0 aliphatic carbocycles. The third-order valence-corrected chi connectivity index (χ3v) is 3.54. The van der Waals surface area contributed by atoms with Crippen LogP contribution in [0.5, 0.6) is 5.75 Å². The van der Waals surface area contributed by atoms with E-state index in [4.69, 9.17) is 9.15 Å². The average molecular weight is 252 g/mol. The molecule has 2 heteroatoms. The van der Waals surface area contributed by atoms with Gasteiger partial charge in [0.05, 0.1) is 13.4 Å². The molecule has 96 valence electrons. The smallest absolute Gasteiger partial charge is 0.119 e. The lowest BCUT2D eigenvalue weighted by Gasteiger charge is -2.10. The molecule has 0 saturated heterocycles. The third-order valence-electron chi connectivity index (χ3n) is 3.54. The third kappa shape index (κ3) is 2.22. The highest BCUT2D eigenvalue weighted by atomic mass is 16.5. The zero-order chi connectivity index (χ0) is 13.2. The van der Waals surface area contributed by atoms with Gasteiger partial charge < -0.3 is 9.15 Å². The van der Waals surface area contributed by atoms with Gasteiger partial charge >= 0.3 is 0 Å². The summed E-state index contributed by atoms with van der Waals surface area (Å²) in [6.45, 7) is 2.16. The van der Waals surface area contributed by atoms with Gasteiger partial charge in [0, 0.05) is 5.92 Å². The van der Waals surface area contributed by atoms with Gasteiger partial charge in [-0.1, -0.05) is 31.2 Å². The van der Waals surface area contributed by atoms with E-state index in [9.17, 15) is 0 Å². The maximum atomic E-state index is 5.48. The van der Waals surface area contributed by atoms with Crippen LogP contribution in [0.3, 0.4) is 0 Å². The number of furan rings is 1. The minimum absolute atomic E-state index is 0.265. The number of benzene rings is 2. The van der Waals surface area contributed by atoms with E-state index in [1.165, 1.54) is 16.3 Å². The summed E-state index contributed by atoms with van der Waals surface area (Å²) in [7, 11) is 1.69. The molecule has 1 aromatic heterocycles. The van der Waals surface area contributed by atoms with Crippen LogP contribution in [-0.2, 0) is 0 Å². The van der Waals surface area contributed by atoms with E-state index in [1.54, 1.807) is 13.4 Å². The molecule has 0 bridgehead atoms. The van der Waals surface area contributed by atoms with Crippen LogP contribution in [0.25, 0.3) is 10.8 Å². The molecule has 0 amide bonds. The fraction of sp³-hybridized carbons (Fsp3) is 0.176. The minimum atomic E-state index is 0.265. The normalized spacial score (nSPS) is 12.5. The van der Waals surface area contributed by atoms with Gasteiger partial charge in [0.2, 0.25) is 0 Å². The number of ether oxygens (including phenoxy) is 1. The molecule has 0 aliphatic heterocycles. The van der Waals surface area contributed by atoms with Crippen LogP contribution in [0.2, 0.25) is 0 Å². The van der Waals surface area contributed by atoms with Crippen LogP contribution in [0, 0.1) is 0 Å². The molecule has 1 atom stereocenters. The highest BCUT2D eigenvalue weighted by Crippen LogP contribution is 2.28. The molecule has 0 N–H and O–H groups in total. The maximum absolute atomic E-state index is 5.48. The molecule has 0 saturated carbocycles. The molecule has 0 radical (unpaired) electrons. The van der Waals surface area contributed by atoms with Crippen molar-refractivity contribution in [3.8, 4) is 5.75 Å². The first kappa shape index (κ1) is 11.8. The number of hydrogen-bond donors (Lipinski definition) is 0. The van der Waals surface area contributed by atoms with E-state index in [0.29, 0.717) is 0 Å². The number of hydrogen-bond acceptors (Lipinski definition) is 2. The van der Waals surface area contributed by atoms with Gasteiger partial charge in [0.1, 0.15) is 11.5 Å². The van der Waals surface area contributed by atoms with E-state index in [1.807, 2.05) is 18.2 Å². The van der Waals surface area contributed by atoms with Gasteiger partial charge in [-0.25, -0.2) is 0 Å². The zero-order valence-corrected chi connectivity index (χ0v) is 11.1. The summed E-state index contributed by atoms with van der Waals surface area (Å²) in [5.41, 5.74) is 1.26. The van der Waals surface area contributed by atoms with Crippen LogP contribution in [0.4, 0.5) is 0 Å². The van der Waals surface area contributed by atoms with Crippen LogP contribution in [-0.4, -0.2) is 7.11 Å². The van der Waals surface area contributed by atoms with Crippen molar-refractivity contribution in [2.24, 2.45) is 0 Å². The van der Waals surface area contributed by atoms with Crippen LogP contribution < -0.4 is 4.74 Å². The fourth-order valence-corrected chi connectivity index (χ4v) is 2.34. The summed E-state index contributed by atoms with van der Waals surface area (Å²) >= 11 is 0. The molecular formula is C17H16O2. The summed E-state index contributed by atoms with van der Waals surface area (Å²) < 4.78 is 10.7. The molecule has 3 rings (SSSR count). The van der Waals surface area contributed by atoms with Crippen molar-refractivity contribution < 1.29 is 9.15 Å². The second kappa shape index (κ2) is 4.81. The average Bonchev–Trinajstić information content (AvgIpc) is 2.99. The van der Waals surface area contributed by atoms with E-state index < -0.39 is 0 Å². The highest BCUT2D eigenvalue weighted by Gasteiger charge is 2.11. The molecule has 2 aromatic carbocycles. The number of rotatable bonds is 3. The molecule has 0 fully saturated rings. The lowest BCUT2D eigenvalue weighted by atomic mass is 9.96. The first-order valence-corrected chi connectivity index (χ1v) is 6.39. The van der Waals surface area contributed by atoms with Gasteiger partial charge in [0.15, 0.2) is 0 Å². The Balaban J connectivity index is 2.02. The topological polar surface area (TPSA) is 22.4 Å². The SMILES string of the molecule is COc1ccc2cc(C(C)c3ccco3)ccc2c1. The Morgan fingerprint density at radius 1 is 1.00 bits per heavy atom. The van der Waals surface area contributed by atoms with Crippen LogP contribution in [0.15, 0.2) is 59.2 Å². The predicted molar refractivity (Wildman–Crippen MR) is 76.7 cm³/mol. The van der Waals surface area contributed by atoms with Crippen LogP contribution in [0.1, 0.15) is 24.2 Å². The van der Waals surface area contributed by atoms with Crippen molar-refractivity contribution in [1.29, 1.82) is 0 Å². The molecule has 0 spiro atoms. The summed E-state index contributed by atoms with van der Waals surface area (Å²) in [4.78, 5) is 0. The van der Waals surface area contributed by atoms with Crippen molar-refractivity contribution in [2.75, 3.05) is 7.11 Å². The molecular weight excluding hydrogens is 236 g/mol. The number of fused-ring (bicyclic) bond motifs is 1. The van der Waals surface area contributed by atoms with Crippen molar-refractivity contribution in [3.05, 3.63) is 66.1 Å². The van der Waals surface area contributed by atoms with E-state index in [2.05, 4.69) is 37.3 Å². The molecule has 0 aliphatic rings. The van der Waals surface area contributed by atoms with Gasteiger partial charge in [-0.2, -0.15) is 0 Å². The summed E-state index contributed by atoms with van der Waals surface area (Å²) in [6.07, 6.45) is 1.72. The monoisotopic (exact) mass is 252 g/mol. The summed E-state index contributed by atoms with van der Waals surface area (Å²) in [6, 6.07) is 16.6. The summed E-state index contributed by atoms with van der Waals surface area (Å²) in [5, 5.41) is 2.41. The van der Waals surface area contributed by atoms with Crippen molar-refractivity contribution in [3.63, 3.8) is 0 Å². The Kier molecular flexibility index (Phi) is 3.00. The Labute approximate surface area is 112 Å². The predicted octanol–water partition coefficient (Wildman–Crippen LogP) is 4.59. The highest BCUT2D eigenvalue weighted by molar-refractivity contribution is 5.84. The van der Waals surface area contributed by atoms with E-state index >= 15 is 0 Å². The standard InChI is InChI=1S/C17H16O2/c1-12(17-4-3-9-19-17)13-5-6-15-11-16(18-2)8-7-14(15)10-13/h3-12H,1-2H3. The minimum Gasteiger partial charge on any atom is -0.497 e. The Morgan fingerprint density at radius 3 is 2.53 bits per heavy atom. The number of methoxy groups -OCH3 is 1. The first-order valence-electron chi connectivity index (χ1n) is 6.39. The molecule has 1 unspecified atom stereocenters. The van der Waals surface area contributed by atoms with Crippen LogP contribution >= 0.6 is 0 Å². The second-order valence-corrected chi connectivity index (χ2v) is 4.71. The second-order valence-electron chi connectivity index (χ2n) is 4.71. The Morgan fingerprint density at radius 2 is 1.79 bits per heavy atom. The fourth-order valence-electron chi connectivity index (χ4n) is 2.34. The maximum Gasteiger partial charge on any atom is 0.119 e. The lowest BCUT2D eigenvalue weighted by Crippen LogP contribution is -1.94. The van der Waals surface area contributed by atoms with Gasteiger partial charge in [-0.05, 0) is 40.6 Å². The lowest BCUT2D eigenvalue weighted by molar-refractivity contribution is 0.415. The Hall–Kier alpha value is -2.22. The van der Waals surface area contributed by atoms with E-state index in [-0.39, 0.29) is 5.92 Å². The molecule has 1 heterocycles. The Bertz CT molecular complexity index is 684.